The van der Waals surface area contributed by atoms with E-state index in [2.05, 4.69) is 10.5 Å². The first-order valence-corrected chi connectivity index (χ1v) is 9.21. The summed E-state index contributed by atoms with van der Waals surface area (Å²) in [7, 11) is 0. The van der Waals surface area contributed by atoms with Crippen LogP contribution in [0.3, 0.4) is 0 Å². The van der Waals surface area contributed by atoms with Crippen molar-refractivity contribution in [2.75, 3.05) is 6.61 Å². The Kier molecular flexibility index (Phi) is 6.84. The van der Waals surface area contributed by atoms with E-state index in [1.807, 2.05) is 43.3 Å². The fourth-order valence-corrected chi connectivity index (χ4v) is 2.51. The molecule has 6 heteroatoms. The predicted octanol–water partition coefficient (Wildman–Crippen LogP) is 4.13. The van der Waals surface area contributed by atoms with Gasteiger partial charge in [-0.2, -0.15) is 5.10 Å². The molecule has 148 valence electrons. The number of hydrogen-bond donors (Lipinski definition) is 2. The van der Waals surface area contributed by atoms with Gasteiger partial charge in [-0.25, -0.2) is 5.43 Å². The Bertz CT molecular complexity index is 950. The van der Waals surface area contributed by atoms with Gasteiger partial charge in [0.2, 0.25) is 0 Å². The van der Waals surface area contributed by atoms with Crippen molar-refractivity contribution in [2.24, 2.45) is 5.10 Å². The number of carbonyl (C=O) groups is 1. The van der Waals surface area contributed by atoms with Crippen molar-refractivity contribution in [3.63, 3.8) is 0 Å². The van der Waals surface area contributed by atoms with E-state index in [1.54, 1.807) is 36.4 Å². The topological polar surface area (TPSA) is 80.2 Å². The van der Waals surface area contributed by atoms with Crippen LogP contribution in [0.4, 0.5) is 0 Å². The highest BCUT2D eigenvalue weighted by Gasteiger charge is 2.04. The third-order valence-electron chi connectivity index (χ3n) is 4.03. The molecule has 0 spiro atoms. The Morgan fingerprint density at radius 1 is 0.931 bits per heavy atom. The number of amides is 1. The minimum absolute atomic E-state index is 0.178. The maximum atomic E-state index is 12.2. The van der Waals surface area contributed by atoms with Crippen molar-refractivity contribution in [1.29, 1.82) is 0 Å². The van der Waals surface area contributed by atoms with Gasteiger partial charge in [-0.05, 0) is 78.7 Å². The molecular weight excluding hydrogens is 368 g/mol. The molecule has 1 amide bonds. The summed E-state index contributed by atoms with van der Waals surface area (Å²) < 4.78 is 11.2. The number of aromatic hydroxyl groups is 1. The number of ether oxygens (including phenoxy) is 2. The molecule has 0 aromatic heterocycles. The van der Waals surface area contributed by atoms with Crippen molar-refractivity contribution in [3.8, 4) is 17.2 Å². The molecule has 0 atom stereocenters. The summed E-state index contributed by atoms with van der Waals surface area (Å²) in [5, 5.41) is 13.2. The van der Waals surface area contributed by atoms with Crippen LogP contribution in [0, 0.1) is 0 Å². The van der Waals surface area contributed by atoms with Crippen molar-refractivity contribution >= 4 is 12.1 Å². The van der Waals surface area contributed by atoms with Gasteiger partial charge in [0.1, 0.15) is 23.9 Å². The van der Waals surface area contributed by atoms with Crippen LogP contribution in [0.15, 0.2) is 77.9 Å². The number of phenols is 1. The standard InChI is InChI=1S/C23H22N2O4/c1-2-28-21-11-13-22(14-12-21)29-16-18-3-7-19(8-4-18)23(27)25-24-15-17-5-9-20(26)10-6-17/h3-15,26H,2,16H2,1H3,(H,25,27)/b24-15+. The highest BCUT2D eigenvalue weighted by atomic mass is 16.5. The summed E-state index contributed by atoms with van der Waals surface area (Å²) in [6, 6.07) is 21.1. The molecule has 6 nitrogen and oxygen atoms in total. The molecule has 29 heavy (non-hydrogen) atoms. The van der Waals surface area contributed by atoms with Crippen molar-refractivity contribution < 1.29 is 19.4 Å². The van der Waals surface area contributed by atoms with E-state index in [-0.39, 0.29) is 11.7 Å². The zero-order valence-corrected chi connectivity index (χ0v) is 16.0. The van der Waals surface area contributed by atoms with Crippen LogP contribution in [-0.2, 0) is 6.61 Å². The first-order valence-electron chi connectivity index (χ1n) is 9.21. The van der Waals surface area contributed by atoms with Crippen LogP contribution in [-0.4, -0.2) is 23.8 Å². The number of hydrogen-bond acceptors (Lipinski definition) is 5. The summed E-state index contributed by atoms with van der Waals surface area (Å²) in [6.07, 6.45) is 1.51. The van der Waals surface area contributed by atoms with Gasteiger partial charge in [0.25, 0.3) is 5.91 Å². The molecule has 3 rings (SSSR count). The first kappa shape index (κ1) is 19.9. The minimum Gasteiger partial charge on any atom is -0.508 e. The molecule has 0 aliphatic rings. The molecule has 0 saturated heterocycles. The lowest BCUT2D eigenvalue weighted by molar-refractivity contribution is 0.0955. The maximum Gasteiger partial charge on any atom is 0.271 e. The summed E-state index contributed by atoms with van der Waals surface area (Å²) in [5.41, 5.74) is 4.69. The van der Waals surface area contributed by atoms with E-state index < -0.39 is 0 Å². The Morgan fingerprint density at radius 2 is 1.55 bits per heavy atom. The lowest BCUT2D eigenvalue weighted by Gasteiger charge is -2.08. The highest BCUT2D eigenvalue weighted by molar-refractivity contribution is 5.94. The lowest BCUT2D eigenvalue weighted by atomic mass is 10.1. The van der Waals surface area contributed by atoms with Crippen molar-refractivity contribution in [3.05, 3.63) is 89.5 Å². The molecule has 0 aliphatic heterocycles. The molecule has 0 saturated carbocycles. The number of nitrogens with zero attached hydrogens (tertiary/aromatic N) is 1. The van der Waals surface area contributed by atoms with Gasteiger partial charge in [-0.15, -0.1) is 0 Å². The number of hydrazone groups is 1. The minimum atomic E-state index is -0.306. The molecule has 0 unspecified atom stereocenters. The third kappa shape index (κ3) is 6.10. The normalized spacial score (nSPS) is 10.7. The molecule has 0 aliphatic carbocycles. The second-order valence-electron chi connectivity index (χ2n) is 6.18. The van der Waals surface area contributed by atoms with Gasteiger partial charge in [-0.1, -0.05) is 12.1 Å². The third-order valence-corrected chi connectivity index (χ3v) is 4.03. The fraction of sp³-hybridized carbons (Fsp3) is 0.130. The summed E-state index contributed by atoms with van der Waals surface area (Å²) >= 11 is 0. The molecule has 0 heterocycles. The van der Waals surface area contributed by atoms with Crippen molar-refractivity contribution in [1.82, 2.24) is 5.43 Å². The van der Waals surface area contributed by atoms with Crippen LogP contribution < -0.4 is 14.9 Å². The quantitative estimate of drug-likeness (QED) is 0.448. The molecule has 0 fully saturated rings. The largest absolute Gasteiger partial charge is 0.508 e. The summed E-state index contributed by atoms with van der Waals surface area (Å²) in [4.78, 5) is 12.2. The van der Waals surface area contributed by atoms with Crippen molar-refractivity contribution in [2.45, 2.75) is 13.5 Å². The summed E-state index contributed by atoms with van der Waals surface area (Å²) in [6.45, 7) is 2.97. The molecule has 0 radical (unpaired) electrons. The lowest BCUT2D eigenvalue weighted by Crippen LogP contribution is -2.17. The maximum absolute atomic E-state index is 12.2. The highest BCUT2D eigenvalue weighted by Crippen LogP contribution is 2.18. The van der Waals surface area contributed by atoms with E-state index in [0.717, 1.165) is 22.6 Å². The van der Waals surface area contributed by atoms with Crippen LogP contribution in [0.25, 0.3) is 0 Å². The molecular formula is C23H22N2O4. The Hall–Kier alpha value is -3.80. The zero-order valence-electron chi connectivity index (χ0n) is 16.0. The molecule has 3 aromatic rings. The molecule has 2 N–H and O–H groups in total. The average molecular weight is 390 g/mol. The van der Waals surface area contributed by atoms with E-state index in [4.69, 9.17) is 9.47 Å². The van der Waals surface area contributed by atoms with Crippen LogP contribution in [0.5, 0.6) is 17.2 Å². The number of benzene rings is 3. The fourth-order valence-electron chi connectivity index (χ4n) is 2.51. The van der Waals surface area contributed by atoms with E-state index >= 15 is 0 Å². The van der Waals surface area contributed by atoms with E-state index in [9.17, 15) is 9.90 Å². The van der Waals surface area contributed by atoms with Crippen LogP contribution in [0.2, 0.25) is 0 Å². The van der Waals surface area contributed by atoms with Gasteiger partial charge in [0.05, 0.1) is 12.8 Å². The van der Waals surface area contributed by atoms with Gasteiger partial charge in [-0.3, -0.25) is 4.79 Å². The second-order valence-corrected chi connectivity index (χ2v) is 6.18. The Balaban J connectivity index is 1.49. The van der Waals surface area contributed by atoms with E-state index in [0.29, 0.717) is 18.8 Å². The van der Waals surface area contributed by atoms with Gasteiger partial charge in [0, 0.05) is 5.56 Å². The number of phenolic OH excluding ortho intramolecular Hbond substituents is 1. The average Bonchev–Trinajstić information content (AvgIpc) is 2.75. The van der Waals surface area contributed by atoms with Gasteiger partial charge < -0.3 is 14.6 Å². The first-order chi connectivity index (χ1) is 14.1. The van der Waals surface area contributed by atoms with Gasteiger partial charge >= 0.3 is 0 Å². The van der Waals surface area contributed by atoms with Crippen LogP contribution >= 0.6 is 0 Å². The number of rotatable bonds is 8. The molecule has 0 bridgehead atoms. The Labute approximate surface area is 169 Å². The number of carbonyl (C=O) groups excluding carboxylic acids is 1. The smallest absolute Gasteiger partial charge is 0.271 e. The monoisotopic (exact) mass is 390 g/mol. The van der Waals surface area contributed by atoms with E-state index in [1.165, 1.54) is 6.21 Å². The Morgan fingerprint density at radius 3 is 2.17 bits per heavy atom. The molecule has 3 aromatic carbocycles. The zero-order chi connectivity index (χ0) is 20.5. The second kappa shape index (κ2) is 9.94. The predicted molar refractivity (Wildman–Crippen MR) is 112 cm³/mol. The van der Waals surface area contributed by atoms with Crippen LogP contribution in [0.1, 0.15) is 28.4 Å². The SMILES string of the molecule is CCOc1ccc(OCc2ccc(C(=O)N/N=C/c3ccc(O)cc3)cc2)cc1. The summed E-state index contributed by atoms with van der Waals surface area (Å²) in [5.74, 6) is 1.43. The van der Waals surface area contributed by atoms with Gasteiger partial charge in [0.15, 0.2) is 0 Å². The number of nitrogens with one attached hydrogen (secondary N) is 1.